The number of rotatable bonds is 6. The van der Waals surface area contributed by atoms with Gasteiger partial charge in [-0.25, -0.2) is 0 Å². The fourth-order valence-electron chi connectivity index (χ4n) is 4.57. The Morgan fingerprint density at radius 2 is 1.69 bits per heavy atom. The third-order valence-corrected chi connectivity index (χ3v) is 6.14. The van der Waals surface area contributed by atoms with Crippen molar-refractivity contribution in [1.82, 2.24) is 20.2 Å². The second-order valence-corrected chi connectivity index (χ2v) is 8.08. The molecule has 1 fully saturated rings. The second kappa shape index (κ2) is 8.57. The van der Waals surface area contributed by atoms with Crippen molar-refractivity contribution in [3.8, 4) is 28.7 Å². The predicted molar refractivity (Wildman–Crippen MR) is 118 cm³/mol. The molecule has 1 aliphatic carbocycles. The average molecular weight is 438 g/mol. The summed E-state index contributed by atoms with van der Waals surface area (Å²) in [5.41, 5.74) is 1.37. The molecule has 1 saturated carbocycles. The fraction of sp³-hybridized carbons (Fsp3) is 0.435. The van der Waals surface area contributed by atoms with Gasteiger partial charge in [-0.1, -0.05) is 19.3 Å². The number of hydrogen-bond acceptors (Lipinski definition) is 8. The van der Waals surface area contributed by atoms with E-state index in [4.69, 9.17) is 18.9 Å². The van der Waals surface area contributed by atoms with Gasteiger partial charge in [-0.15, -0.1) is 5.10 Å². The van der Waals surface area contributed by atoms with E-state index < -0.39 is 5.54 Å². The molecule has 5 rings (SSSR count). The molecule has 3 aromatic rings. The molecule has 1 aliphatic heterocycles. The first-order valence-electron chi connectivity index (χ1n) is 10.9. The molecule has 0 radical (unpaired) electrons. The van der Waals surface area contributed by atoms with Crippen LogP contribution in [0.2, 0.25) is 0 Å². The quantitative estimate of drug-likeness (QED) is 0.624. The second-order valence-electron chi connectivity index (χ2n) is 8.08. The van der Waals surface area contributed by atoms with E-state index in [0.29, 0.717) is 24.7 Å². The van der Waals surface area contributed by atoms with Crippen molar-refractivity contribution in [2.75, 3.05) is 32.8 Å². The molecule has 1 N–H and O–H groups in total. The molecule has 2 aromatic carbocycles. The molecule has 2 aliphatic rings. The SMILES string of the molecule is COc1ccc(-n2nnnc2C2(Nc3ccc4c(c3)OCCO4)CCCCC2)cc1OC. The average Bonchev–Trinajstić information content (AvgIpc) is 3.35. The van der Waals surface area contributed by atoms with Crippen molar-refractivity contribution >= 4 is 5.69 Å². The van der Waals surface area contributed by atoms with Gasteiger partial charge in [0.05, 0.1) is 25.4 Å². The van der Waals surface area contributed by atoms with Crippen molar-refractivity contribution in [3.63, 3.8) is 0 Å². The molecule has 0 spiro atoms. The number of methoxy groups -OCH3 is 2. The summed E-state index contributed by atoms with van der Waals surface area (Å²) in [7, 11) is 3.24. The molecule has 0 saturated heterocycles. The Bertz CT molecular complexity index is 1090. The number of benzene rings is 2. The third kappa shape index (κ3) is 3.68. The Labute approximate surface area is 186 Å². The molecule has 9 heteroatoms. The lowest BCUT2D eigenvalue weighted by Gasteiger charge is -2.38. The summed E-state index contributed by atoms with van der Waals surface area (Å²) in [6.45, 7) is 1.13. The number of fused-ring (bicyclic) bond motifs is 1. The van der Waals surface area contributed by atoms with Gasteiger partial charge in [-0.2, -0.15) is 4.68 Å². The maximum Gasteiger partial charge on any atom is 0.181 e. The number of nitrogens with zero attached hydrogens (tertiary/aromatic N) is 4. The van der Waals surface area contributed by atoms with Gasteiger partial charge in [0.15, 0.2) is 28.8 Å². The molecule has 1 aromatic heterocycles. The number of hydrogen-bond donors (Lipinski definition) is 1. The van der Waals surface area contributed by atoms with Crippen molar-refractivity contribution < 1.29 is 18.9 Å². The van der Waals surface area contributed by atoms with E-state index in [0.717, 1.165) is 54.4 Å². The van der Waals surface area contributed by atoms with Crippen LogP contribution in [0.1, 0.15) is 37.9 Å². The van der Waals surface area contributed by atoms with Crippen LogP contribution < -0.4 is 24.3 Å². The molecule has 0 bridgehead atoms. The number of tetrazole rings is 1. The minimum Gasteiger partial charge on any atom is -0.493 e. The molecular formula is C23H27N5O4. The topological polar surface area (TPSA) is 92.6 Å². The van der Waals surface area contributed by atoms with Crippen LogP contribution in [0.4, 0.5) is 5.69 Å². The largest absolute Gasteiger partial charge is 0.493 e. The zero-order valence-corrected chi connectivity index (χ0v) is 18.3. The molecule has 0 atom stereocenters. The molecule has 2 heterocycles. The number of ether oxygens (including phenoxy) is 4. The standard InChI is InChI=1S/C23H27N5O4/c1-29-18-9-7-17(15-20(18)30-2)28-22(25-26-27-28)23(10-4-3-5-11-23)24-16-6-8-19-21(14-16)32-13-12-31-19/h6-9,14-15,24H,3-5,10-13H2,1-2H3. The highest BCUT2D eigenvalue weighted by Gasteiger charge is 2.39. The summed E-state index contributed by atoms with van der Waals surface area (Å²) in [5, 5.41) is 16.6. The first kappa shape index (κ1) is 20.4. The third-order valence-electron chi connectivity index (χ3n) is 6.14. The normalized spacial score (nSPS) is 16.9. The van der Waals surface area contributed by atoms with E-state index >= 15 is 0 Å². The van der Waals surface area contributed by atoms with Gasteiger partial charge >= 0.3 is 0 Å². The Kier molecular flexibility index (Phi) is 5.46. The lowest BCUT2D eigenvalue weighted by atomic mass is 9.80. The molecule has 0 amide bonds. The van der Waals surface area contributed by atoms with Gasteiger partial charge < -0.3 is 24.3 Å². The van der Waals surface area contributed by atoms with Crippen LogP contribution in [0.15, 0.2) is 36.4 Å². The van der Waals surface area contributed by atoms with Gasteiger partial charge in [0.2, 0.25) is 0 Å². The van der Waals surface area contributed by atoms with Gasteiger partial charge in [0.1, 0.15) is 13.2 Å². The van der Waals surface area contributed by atoms with Crippen LogP contribution >= 0.6 is 0 Å². The molecule has 168 valence electrons. The number of aromatic nitrogens is 4. The molecule has 0 unspecified atom stereocenters. The summed E-state index contributed by atoms with van der Waals surface area (Å²) in [5.74, 6) is 3.59. The van der Waals surface area contributed by atoms with Crippen LogP contribution in [0, 0.1) is 0 Å². The Balaban J connectivity index is 1.53. The molecule has 32 heavy (non-hydrogen) atoms. The first-order valence-corrected chi connectivity index (χ1v) is 10.9. The van der Waals surface area contributed by atoms with E-state index in [9.17, 15) is 0 Å². The zero-order valence-electron chi connectivity index (χ0n) is 18.3. The van der Waals surface area contributed by atoms with E-state index in [1.165, 1.54) is 6.42 Å². The minimum atomic E-state index is -0.404. The van der Waals surface area contributed by atoms with Gasteiger partial charge in [0, 0.05) is 17.8 Å². The van der Waals surface area contributed by atoms with Crippen LogP contribution in [0.25, 0.3) is 5.69 Å². The van der Waals surface area contributed by atoms with Crippen molar-refractivity contribution in [2.24, 2.45) is 0 Å². The Morgan fingerprint density at radius 1 is 0.906 bits per heavy atom. The summed E-state index contributed by atoms with van der Waals surface area (Å²) >= 11 is 0. The van der Waals surface area contributed by atoms with Crippen molar-refractivity contribution in [2.45, 2.75) is 37.6 Å². The van der Waals surface area contributed by atoms with Gasteiger partial charge in [-0.3, -0.25) is 0 Å². The van der Waals surface area contributed by atoms with Gasteiger partial charge in [0.25, 0.3) is 0 Å². The smallest absolute Gasteiger partial charge is 0.181 e. The van der Waals surface area contributed by atoms with Crippen LogP contribution in [0.3, 0.4) is 0 Å². The lowest BCUT2D eigenvalue weighted by Crippen LogP contribution is -2.40. The maximum absolute atomic E-state index is 5.78. The highest BCUT2D eigenvalue weighted by molar-refractivity contribution is 5.57. The fourth-order valence-corrected chi connectivity index (χ4v) is 4.57. The summed E-state index contributed by atoms with van der Waals surface area (Å²) in [4.78, 5) is 0. The van der Waals surface area contributed by atoms with E-state index in [-0.39, 0.29) is 0 Å². The zero-order chi connectivity index (χ0) is 22.0. The van der Waals surface area contributed by atoms with Crippen molar-refractivity contribution in [1.29, 1.82) is 0 Å². The van der Waals surface area contributed by atoms with Crippen LogP contribution in [0.5, 0.6) is 23.0 Å². The predicted octanol–water partition coefficient (Wildman–Crippen LogP) is 3.72. The number of nitrogens with one attached hydrogen (secondary N) is 1. The first-order chi connectivity index (χ1) is 15.7. The maximum atomic E-state index is 5.78. The Hall–Kier alpha value is -3.49. The van der Waals surface area contributed by atoms with Crippen molar-refractivity contribution in [3.05, 3.63) is 42.2 Å². The monoisotopic (exact) mass is 437 g/mol. The highest BCUT2D eigenvalue weighted by atomic mass is 16.6. The van der Waals surface area contributed by atoms with Crippen LogP contribution in [-0.2, 0) is 5.54 Å². The van der Waals surface area contributed by atoms with E-state index in [2.05, 4.69) is 20.8 Å². The van der Waals surface area contributed by atoms with Crippen LogP contribution in [-0.4, -0.2) is 47.6 Å². The molecular weight excluding hydrogens is 410 g/mol. The highest BCUT2D eigenvalue weighted by Crippen LogP contribution is 2.42. The number of anilines is 1. The van der Waals surface area contributed by atoms with Gasteiger partial charge in [-0.05, 0) is 47.5 Å². The van der Waals surface area contributed by atoms with E-state index in [1.54, 1.807) is 18.9 Å². The summed E-state index contributed by atoms with van der Waals surface area (Å²) in [6, 6.07) is 11.6. The Morgan fingerprint density at radius 3 is 2.47 bits per heavy atom. The summed E-state index contributed by atoms with van der Waals surface area (Å²) < 4.78 is 24.1. The van der Waals surface area contributed by atoms with E-state index in [1.807, 2.05) is 36.4 Å². The summed E-state index contributed by atoms with van der Waals surface area (Å²) in [6.07, 6.45) is 5.24. The minimum absolute atomic E-state index is 0.404. The lowest BCUT2D eigenvalue weighted by molar-refractivity contribution is 0.171. The molecule has 9 nitrogen and oxygen atoms in total.